The Balaban J connectivity index is 1.45. The SMILES string of the molecule is CC(C)(C)C1CCC(CNC(=O)c2cn(C3CCNCC3)nn2)CC1. The zero-order valence-electron chi connectivity index (χ0n) is 15.9. The summed E-state index contributed by atoms with van der Waals surface area (Å²) in [4.78, 5) is 12.4. The number of hydrogen-bond donors (Lipinski definition) is 2. The van der Waals surface area contributed by atoms with Gasteiger partial charge in [0, 0.05) is 6.54 Å². The summed E-state index contributed by atoms with van der Waals surface area (Å²) in [6, 6.07) is 0.364. The molecule has 6 heteroatoms. The molecule has 3 rings (SSSR count). The highest BCUT2D eigenvalue weighted by molar-refractivity contribution is 5.91. The maximum Gasteiger partial charge on any atom is 0.273 e. The third-order valence-corrected chi connectivity index (χ3v) is 6.05. The monoisotopic (exact) mass is 347 g/mol. The highest BCUT2D eigenvalue weighted by Gasteiger charge is 2.29. The lowest BCUT2D eigenvalue weighted by Gasteiger charge is -2.37. The van der Waals surface area contributed by atoms with Crippen molar-refractivity contribution >= 4 is 5.91 Å². The minimum Gasteiger partial charge on any atom is -0.350 e. The normalized spacial score (nSPS) is 25.7. The molecule has 2 heterocycles. The van der Waals surface area contributed by atoms with E-state index >= 15 is 0 Å². The van der Waals surface area contributed by atoms with E-state index in [-0.39, 0.29) is 5.91 Å². The second-order valence-corrected chi connectivity index (χ2v) is 8.86. The van der Waals surface area contributed by atoms with Crippen LogP contribution in [-0.4, -0.2) is 40.5 Å². The summed E-state index contributed by atoms with van der Waals surface area (Å²) in [5.74, 6) is 1.32. The molecule has 1 aliphatic heterocycles. The van der Waals surface area contributed by atoms with Gasteiger partial charge in [-0.15, -0.1) is 5.10 Å². The highest BCUT2D eigenvalue weighted by Crippen LogP contribution is 2.39. The van der Waals surface area contributed by atoms with Gasteiger partial charge >= 0.3 is 0 Å². The van der Waals surface area contributed by atoms with Crippen LogP contribution >= 0.6 is 0 Å². The predicted molar refractivity (Wildman–Crippen MR) is 98.4 cm³/mol. The van der Waals surface area contributed by atoms with Crippen molar-refractivity contribution in [1.82, 2.24) is 25.6 Å². The van der Waals surface area contributed by atoms with Gasteiger partial charge in [-0.05, 0) is 68.9 Å². The van der Waals surface area contributed by atoms with Crippen LogP contribution in [0, 0.1) is 17.3 Å². The average Bonchev–Trinajstić information content (AvgIpc) is 3.10. The number of hydrogen-bond acceptors (Lipinski definition) is 4. The molecule has 1 saturated carbocycles. The minimum atomic E-state index is -0.0851. The lowest BCUT2D eigenvalue weighted by molar-refractivity contribution is 0.0926. The molecule has 2 aliphatic rings. The quantitative estimate of drug-likeness (QED) is 0.878. The average molecular weight is 348 g/mol. The molecule has 2 fully saturated rings. The summed E-state index contributed by atoms with van der Waals surface area (Å²) in [5.41, 5.74) is 0.850. The molecule has 140 valence electrons. The van der Waals surface area contributed by atoms with Crippen molar-refractivity contribution in [3.63, 3.8) is 0 Å². The second kappa shape index (κ2) is 7.85. The first-order chi connectivity index (χ1) is 11.9. The number of nitrogens with one attached hydrogen (secondary N) is 2. The number of piperidine rings is 1. The molecule has 1 saturated heterocycles. The Morgan fingerprint density at radius 2 is 1.88 bits per heavy atom. The first-order valence-electron chi connectivity index (χ1n) is 9.84. The Bertz CT molecular complexity index is 563. The molecule has 1 aromatic heterocycles. The summed E-state index contributed by atoms with van der Waals surface area (Å²) < 4.78 is 1.87. The molecule has 0 spiro atoms. The maximum absolute atomic E-state index is 12.4. The Hall–Kier alpha value is -1.43. The summed E-state index contributed by atoms with van der Waals surface area (Å²) >= 11 is 0. The van der Waals surface area contributed by atoms with Crippen LogP contribution in [0.5, 0.6) is 0 Å². The zero-order chi connectivity index (χ0) is 17.9. The molecule has 6 nitrogen and oxygen atoms in total. The van der Waals surface area contributed by atoms with Crippen LogP contribution in [0.15, 0.2) is 6.20 Å². The topological polar surface area (TPSA) is 71.8 Å². The van der Waals surface area contributed by atoms with Gasteiger partial charge in [0.1, 0.15) is 0 Å². The lowest BCUT2D eigenvalue weighted by Crippen LogP contribution is -2.33. The van der Waals surface area contributed by atoms with Crippen molar-refractivity contribution in [2.45, 2.75) is 65.3 Å². The minimum absolute atomic E-state index is 0.0851. The van der Waals surface area contributed by atoms with Gasteiger partial charge in [-0.25, -0.2) is 4.68 Å². The van der Waals surface area contributed by atoms with Gasteiger partial charge in [0.25, 0.3) is 5.91 Å². The van der Waals surface area contributed by atoms with Gasteiger partial charge < -0.3 is 10.6 Å². The number of aromatic nitrogens is 3. The van der Waals surface area contributed by atoms with Crippen LogP contribution in [0.25, 0.3) is 0 Å². The van der Waals surface area contributed by atoms with Gasteiger partial charge in [-0.2, -0.15) is 0 Å². The summed E-state index contributed by atoms with van der Waals surface area (Å²) in [6.45, 7) is 9.78. The maximum atomic E-state index is 12.4. The smallest absolute Gasteiger partial charge is 0.273 e. The molecule has 1 aromatic rings. The fourth-order valence-corrected chi connectivity index (χ4v) is 4.19. The van der Waals surface area contributed by atoms with Gasteiger partial charge in [0.15, 0.2) is 5.69 Å². The van der Waals surface area contributed by atoms with E-state index in [0.717, 1.165) is 38.4 Å². The largest absolute Gasteiger partial charge is 0.350 e. The third kappa shape index (κ3) is 4.81. The second-order valence-electron chi connectivity index (χ2n) is 8.86. The van der Waals surface area contributed by atoms with Gasteiger partial charge in [0.2, 0.25) is 0 Å². The van der Waals surface area contributed by atoms with Gasteiger partial charge in [-0.1, -0.05) is 26.0 Å². The van der Waals surface area contributed by atoms with E-state index in [0.29, 0.717) is 23.1 Å². The van der Waals surface area contributed by atoms with E-state index in [9.17, 15) is 4.79 Å². The van der Waals surface area contributed by atoms with Crippen LogP contribution in [0.4, 0.5) is 0 Å². The fraction of sp³-hybridized carbons (Fsp3) is 0.842. The van der Waals surface area contributed by atoms with E-state index in [1.165, 1.54) is 25.7 Å². The van der Waals surface area contributed by atoms with Crippen LogP contribution in [0.2, 0.25) is 0 Å². The molecule has 25 heavy (non-hydrogen) atoms. The number of carbonyl (C=O) groups excluding carboxylic acids is 1. The molecule has 0 bridgehead atoms. The van der Waals surface area contributed by atoms with Crippen molar-refractivity contribution in [1.29, 1.82) is 0 Å². The number of amides is 1. The van der Waals surface area contributed by atoms with E-state index in [1.807, 2.05) is 10.9 Å². The van der Waals surface area contributed by atoms with E-state index < -0.39 is 0 Å². The van der Waals surface area contributed by atoms with Gasteiger partial charge in [0.05, 0.1) is 12.2 Å². The van der Waals surface area contributed by atoms with Crippen LogP contribution in [0.3, 0.4) is 0 Å². The Morgan fingerprint density at radius 1 is 1.20 bits per heavy atom. The highest BCUT2D eigenvalue weighted by atomic mass is 16.2. The van der Waals surface area contributed by atoms with Crippen molar-refractivity contribution in [3.8, 4) is 0 Å². The number of carbonyl (C=O) groups is 1. The molecule has 0 radical (unpaired) electrons. The van der Waals surface area contributed by atoms with Crippen molar-refractivity contribution in [3.05, 3.63) is 11.9 Å². The number of rotatable bonds is 4. The van der Waals surface area contributed by atoms with Crippen molar-refractivity contribution < 1.29 is 4.79 Å². The Morgan fingerprint density at radius 3 is 2.52 bits per heavy atom. The van der Waals surface area contributed by atoms with Crippen LogP contribution in [-0.2, 0) is 0 Å². The van der Waals surface area contributed by atoms with Crippen LogP contribution < -0.4 is 10.6 Å². The summed E-state index contributed by atoms with van der Waals surface area (Å²) in [5, 5.41) is 14.7. The molecular formula is C19H33N5O. The Labute approximate surface area is 151 Å². The molecule has 1 amide bonds. The first-order valence-corrected chi connectivity index (χ1v) is 9.84. The van der Waals surface area contributed by atoms with Crippen molar-refractivity contribution in [2.24, 2.45) is 17.3 Å². The third-order valence-electron chi connectivity index (χ3n) is 6.05. The molecule has 0 aromatic carbocycles. The molecule has 1 aliphatic carbocycles. The van der Waals surface area contributed by atoms with Crippen LogP contribution in [0.1, 0.15) is 75.8 Å². The fourth-order valence-electron chi connectivity index (χ4n) is 4.19. The molecule has 0 atom stereocenters. The number of nitrogens with zero attached hydrogens (tertiary/aromatic N) is 3. The summed E-state index contributed by atoms with van der Waals surface area (Å²) in [6.07, 6.45) is 8.87. The van der Waals surface area contributed by atoms with E-state index in [1.54, 1.807) is 0 Å². The molecular weight excluding hydrogens is 314 g/mol. The lowest BCUT2D eigenvalue weighted by atomic mass is 9.70. The molecule has 0 unspecified atom stereocenters. The molecule has 2 N–H and O–H groups in total. The van der Waals surface area contributed by atoms with Crippen molar-refractivity contribution in [2.75, 3.05) is 19.6 Å². The first kappa shape index (κ1) is 18.4. The van der Waals surface area contributed by atoms with Gasteiger partial charge in [-0.3, -0.25) is 4.79 Å². The zero-order valence-corrected chi connectivity index (χ0v) is 15.9. The Kier molecular flexibility index (Phi) is 5.77. The summed E-state index contributed by atoms with van der Waals surface area (Å²) in [7, 11) is 0. The van der Waals surface area contributed by atoms with E-state index in [4.69, 9.17) is 0 Å². The van der Waals surface area contributed by atoms with E-state index in [2.05, 4.69) is 41.7 Å². The predicted octanol–water partition coefficient (Wildman–Crippen LogP) is 2.78. The standard InChI is InChI=1S/C19H33N5O/c1-19(2,3)15-6-4-14(5-7-15)12-21-18(25)17-13-24(23-22-17)16-8-10-20-11-9-16/h13-16,20H,4-12H2,1-3H3,(H,21,25).